The number of rotatable bonds is 8. The molecule has 1 amide bonds. The molecule has 3 aromatic rings. The highest BCUT2D eigenvalue weighted by Crippen LogP contribution is 2.34. The summed E-state index contributed by atoms with van der Waals surface area (Å²) in [6, 6.07) is 19.4. The maximum absolute atomic E-state index is 12.8. The van der Waals surface area contributed by atoms with Crippen molar-refractivity contribution in [3.63, 3.8) is 0 Å². The third-order valence-corrected chi connectivity index (χ3v) is 6.11. The standard InChI is InChI=1S/C24H21NO4S2/c26-11-12-28-20-8-4-7-19(15-20)21-13-18(16-29-21)14-22-23(27)25(24(30)31-22)10-9-17-5-2-1-3-6-17/h1-8,13-16,26H,9-12H2/b22-14-. The van der Waals surface area contributed by atoms with Crippen LogP contribution in [0, 0.1) is 0 Å². The number of aliphatic hydroxyl groups excluding tert-OH is 1. The van der Waals surface area contributed by atoms with E-state index >= 15 is 0 Å². The highest BCUT2D eigenvalue weighted by molar-refractivity contribution is 8.26. The molecule has 1 N–H and O–H groups in total. The van der Waals surface area contributed by atoms with Crippen molar-refractivity contribution in [3.8, 4) is 17.1 Å². The van der Waals surface area contributed by atoms with Crippen LogP contribution >= 0.6 is 24.0 Å². The minimum Gasteiger partial charge on any atom is -0.491 e. The molecule has 0 bridgehead atoms. The number of aliphatic hydroxyl groups is 1. The molecule has 0 aliphatic carbocycles. The van der Waals surface area contributed by atoms with Crippen molar-refractivity contribution in [2.45, 2.75) is 6.42 Å². The van der Waals surface area contributed by atoms with Crippen LogP contribution in [0.3, 0.4) is 0 Å². The van der Waals surface area contributed by atoms with E-state index in [0.29, 0.717) is 27.3 Å². The first kappa shape index (κ1) is 21.4. The van der Waals surface area contributed by atoms with Crippen molar-refractivity contribution in [2.75, 3.05) is 19.8 Å². The molecule has 158 valence electrons. The molecule has 0 spiro atoms. The molecular weight excluding hydrogens is 430 g/mol. The van der Waals surface area contributed by atoms with Gasteiger partial charge < -0.3 is 14.3 Å². The Labute approximate surface area is 190 Å². The minimum absolute atomic E-state index is 0.0430. The Morgan fingerprint density at radius 3 is 2.77 bits per heavy atom. The van der Waals surface area contributed by atoms with Crippen molar-refractivity contribution < 1.29 is 19.1 Å². The molecule has 2 heterocycles. The van der Waals surface area contributed by atoms with E-state index in [9.17, 15) is 4.79 Å². The van der Waals surface area contributed by atoms with Gasteiger partial charge in [0.1, 0.15) is 22.4 Å². The number of hydrogen-bond donors (Lipinski definition) is 1. The molecule has 0 unspecified atom stereocenters. The summed E-state index contributed by atoms with van der Waals surface area (Å²) in [5.74, 6) is 1.25. The van der Waals surface area contributed by atoms with E-state index < -0.39 is 0 Å². The Morgan fingerprint density at radius 1 is 1.13 bits per heavy atom. The number of benzene rings is 2. The molecule has 0 atom stereocenters. The second-order valence-corrected chi connectivity index (χ2v) is 8.59. The number of thioether (sulfide) groups is 1. The summed E-state index contributed by atoms with van der Waals surface area (Å²) >= 11 is 6.74. The predicted octanol–water partition coefficient (Wildman–Crippen LogP) is 4.76. The van der Waals surface area contributed by atoms with Crippen molar-refractivity contribution in [1.82, 2.24) is 4.90 Å². The Hall–Kier alpha value is -2.87. The number of thiocarbonyl (C=S) groups is 1. The van der Waals surface area contributed by atoms with Gasteiger partial charge in [-0.2, -0.15) is 0 Å². The smallest absolute Gasteiger partial charge is 0.266 e. The van der Waals surface area contributed by atoms with Crippen LogP contribution < -0.4 is 4.74 Å². The molecule has 1 aromatic heterocycles. The van der Waals surface area contributed by atoms with Crippen molar-refractivity contribution in [3.05, 3.63) is 83.0 Å². The number of amides is 1. The average molecular weight is 452 g/mol. The second kappa shape index (κ2) is 9.96. The van der Waals surface area contributed by atoms with Gasteiger partial charge in [0.15, 0.2) is 0 Å². The molecule has 7 heteroatoms. The lowest BCUT2D eigenvalue weighted by atomic mass is 10.1. The number of ether oxygens (including phenoxy) is 1. The third-order valence-electron chi connectivity index (χ3n) is 4.74. The molecule has 2 aromatic carbocycles. The molecule has 31 heavy (non-hydrogen) atoms. The molecule has 0 radical (unpaired) electrons. The van der Waals surface area contributed by atoms with E-state index in [-0.39, 0.29) is 19.1 Å². The van der Waals surface area contributed by atoms with E-state index in [1.165, 1.54) is 17.3 Å². The number of carbonyl (C=O) groups is 1. The van der Waals surface area contributed by atoms with Crippen LogP contribution in [-0.4, -0.2) is 40.0 Å². The summed E-state index contributed by atoms with van der Waals surface area (Å²) in [5, 5.41) is 8.91. The monoisotopic (exact) mass is 451 g/mol. The van der Waals surface area contributed by atoms with Crippen molar-refractivity contribution in [1.29, 1.82) is 0 Å². The normalized spacial score (nSPS) is 15.1. The third kappa shape index (κ3) is 5.25. The molecular formula is C24H21NO4S2. The topological polar surface area (TPSA) is 62.9 Å². The molecule has 5 nitrogen and oxygen atoms in total. The van der Waals surface area contributed by atoms with Crippen LogP contribution in [0.5, 0.6) is 5.75 Å². The first-order valence-electron chi connectivity index (χ1n) is 9.86. The second-order valence-electron chi connectivity index (χ2n) is 6.91. The Balaban J connectivity index is 1.45. The van der Waals surface area contributed by atoms with Crippen LogP contribution in [-0.2, 0) is 11.2 Å². The zero-order valence-electron chi connectivity index (χ0n) is 16.7. The Bertz CT molecular complexity index is 1110. The molecule has 4 rings (SSSR count). The molecule has 1 aliphatic rings. The van der Waals surface area contributed by atoms with Gasteiger partial charge in [-0.1, -0.05) is 66.4 Å². The van der Waals surface area contributed by atoms with E-state index in [4.69, 9.17) is 26.5 Å². The van der Waals surface area contributed by atoms with Crippen LogP contribution in [0.4, 0.5) is 0 Å². The summed E-state index contributed by atoms with van der Waals surface area (Å²) in [7, 11) is 0. The fourth-order valence-corrected chi connectivity index (χ4v) is 4.52. The van der Waals surface area contributed by atoms with Crippen LogP contribution in [0.25, 0.3) is 17.4 Å². The summed E-state index contributed by atoms with van der Waals surface area (Å²) in [5.41, 5.74) is 2.82. The fraction of sp³-hybridized carbons (Fsp3) is 0.167. The highest BCUT2D eigenvalue weighted by Gasteiger charge is 2.31. The SMILES string of the molecule is O=C1/C(=C/c2coc(-c3cccc(OCCO)c3)c2)SC(=S)N1CCc1ccccc1. The van der Waals surface area contributed by atoms with Crippen LogP contribution in [0.2, 0.25) is 0 Å². The van der Waals surface area contributed by atoms with Gasteiger partial charge in [0.2, 0.25) is 0 Å². The number of nitrogens with zero attached hydrogens (tertiary/aromatic N) is 1. The van der Waals surface area contributed by atoms with Gasteiger partial charge >= 0.3 is 0 Å². The van der Waals surface area contributed by atoms with Crippen LogP contribution in [0.15, 0.2) is 76.2 Å². The lowest BCUT2D eigenvalue weighted by Gasteiger charge is -2.14. The van der Waals surface area contributed by atoms with Crippen molar-refractivity contribution >= 4 is 40.3 Å². The van der Waals surface area contributed by atoms with E-state index in [0.717, 1.165) is 17.5 Å². The maximum atomic E-state index is 12.8. The zero-order chi connectivity index (χ0) is 21.6. The Kier molecular flexibility index (Phi) is 6.86. The van der Waals surface area contributed by atoms with Crippen molar-refractivity contribution in [2.24, 2.45) is 0 Å². The van der Waals surface area contributed by atoms with Crippen LogP contribution in [0.1, 0.15) is 11.1 Å². The van der Waals surface area contributed by atoms with E-state index in [1.807, 2.05) is 60.7 Å². The molecule has 1 fully saturated rings. The minimum atomic E-state index is -0.0759. The first-order valence-corrected chi connectivity index (χ1v) is 11.1. The fourth-order valence-electron chi connectivity index (χ4n) is 3.21. The van der Waals surface area contributed by atoms with Gasteiger partial charge in [-0.3, -0.25) is 9.69 Å². The van der Waals surface area contributed by atoms with Gasteiger partial charge in [0.25, 0.3) is 5.91 Å². The lowest BCUT2D eigenvalue weighted by molar-refractivity contribution is -0.122. The van der Waals surface area contributed by atoms with Gasteiger partial charge in [-0.05, 0) is 36.3 Å². The summed E-state index contributed by atoms with van der Waals surface area (Å²) < 4.78 is 11.7. The number of furan rings is 1. The highest BCUT2D eigenvalue weighted by atomic mass is 32.2. The number of carbonyl (C=O) groups excluding carboxylic acids is 1. The predicted molar refractivity (Wildman–Crippen MR) is 127 cm³/mol. The molecule has 1 saturated heterocycles. The molecule has 1 aliphatic heterocycles. The summed E-state index contributed by atoms with van der Waals surface area (Å²) in [6.45, 7) is 0.751. The quantitative estimate of drug-likeness (QED) is 0.394. The molecule has 0 saturated carbocycles. The lowest BCUT2D eigenvalue weighted by Crippen LogP contribution is -2.30. The van der Waals surface area contributed by atoms with Gasteiger partial charge in [0, 0.05) is 17.7 Å². The van der Waals surface area contributed by atoms with Gasteiger partial charge in [0.05, 0.1) is 17.8 Å². The average Bonchev–Trinajstić information content (AvgIpc) is 3.36. The zero-order valence-corrected chi connectivity index (χ0v) is 18.3. The maximum Gasteiger partial charge on any atom is 0.266 e. The first-order chi connectivity index (χ1) is 15.1. The van der Waals surface area contributed by atoms with Gasteiger partial charge in [-0.25, -0.2) is 0 Å². The van der Waals surface area contributed by atoms with Gasteiger partial charge in [-0.15, -0.1) is 0 Å². The van der Waals surface area contributed by atoms with E-state index in [1.54, 1.807) is 17.2 Å². The largest absolute Gasteiger partial charge is 0.491 e. The Morgan fingerprint density at radius 2 is 1.97 bits per heavy atom. The summed E-state index contributed by atoms with van der Waals surface area (Å²) in [6.07, 6.45) is 4.18. The number of hydrogen-bond acceptors (Lipinski definition) is 6. The van der Waals surface area contributed by atoms with E-state index in [2.05, 4.69) is 0 Å². The summed E-state index contributed by atoms with van der Waals surface area (Å²) in [4.78, 5) is 15.1.